The first-order valence-corrected chi connectivity index (χ1v) is 9.78. The molecular formula is C21H30N2S. The normalized spacial score (nSPS) is 19.0. The quantitative estimate of drug-likeness (QED) is 0.773. The second kappa shape index (κ2) is 8.00. The molecule has 0 radical (unpaired) electrons. The fourth-order valence-corrected chi connectivity index (χ4v) is 3.44. The van der Waals surface area contributed by atoms with Gasteiger partial charge in [0.15, 0.2) is 0 Å². The first-order chi connectivity index (χ1) is 11.3. The summed E-state index contributed by atoms with van der Waals surface area (Å²) < 4.78 is 3.18. The zero-order valence-corrected chi connectivity index (χ0v) is 16.4. The van der Waals surface area contributed by atoms with Crippen molar-refractivity contribution >= 4 is 22.2 Å². The van der Waals surface area contributed by atoms with Crippen molar-refractivity contribution in [3.8, 4) is 0 Å². The van der Waals surface area contributed by atoms with E-state index < -0.39 is 0 Å². The monoisotopic (exact) mass is 342 g/mol. The largest absolute Gasteiger partial charge is 0.378 e. The molecule has 1 aliphatic rings. The third-order valence-corrected chi connectivity index (χ3v) is 5.93. The minimum atomic E-state index is -0.0607. The van der Waals surface area contributed by atoms with Crippen molar-refractivity contribution in [2.24, 2.45) is 5.41 Å². The number of para-hydroxylation sites is 1. The molecule has 0 spiro atoms. The van der Waals surface area contributed by atoms with E-state index in [0.29, 0.717) is 5.41 Å². The fraction of sp³-hybridized carbons (Fsp3) is 0.381. The summed E-state index contributed by atoms with van der Waals surface area (Å²) in [5.74, 6) is 4.83. The molecule has 24 heavy (non-hydrogen) atoms. The predicted octanol–water partition coefficient (Wildman–Crippen LogP) is 5.15. The molecule has 1 saturated carbocycles. The molecule has 130 valence electrons. The number of anilines is 1. The Balaban J connectivity index is 0.000000198. The van der Waals surface area contributed by atoms with Crippen LogP contribution >= 0.6 is 10.7 Å². The van der Waals surface area contributed by atoms with E-state index in [2.05, 4.69) is 65.7 Å². The van der Waals surface area contributed by atoms with Crippen LogP contribution in [0.4, 0.5) is 5.69 Å². The molecule has 1 fully saturated rings. The van der Waals surface area contributed by atoms with E-state index in [-0.39, 0.29) is 10.7 Å². The highest BCUT2D eigenvalue weighted by molar-refractivity contribution is 8.12. The molecule has 3 rings (SSSR count). The maximum atomic E-state index is 4.06. The summed E-state index contributed by atoms with van der Waals surface area (Å²) in [6.07, 6.45) is 1.33. The molecule has 0 saturated heterocycles. The lowest BCUT2D eigenvalue weighted by molar-refractivity contribution is 0.621. The minimum absolute atomic E-state index is 0.0607. The second-order valence-corrected chi connectivity index (χ2v) is 8.80. The number of rotatable bonds is 4. The number of benzene rings is 2. The van der Waals surface area contributed by atoms with Crippen LogP contribution in [0, 0.1) is 5.41 Å². The fourth-order valence-electron chi connectivity index (χ4n) is 2.74. The van der Waals surface area contributed by atoms with Gasteiger partial charge in [-0.15, -0.1) is 0 Å². The SMILES string of the molecule is C=S(NC)c1ccc(C2CC2(C)C)cc1.CN(C)c1ccccc1. The first kappa shape index (κ1) is 18.8. The Hall–Kier alpha value is -1.58. The molecule has 2 aromatic carbocycles. The van der Waals surface area contributed by atoms with Crippen LogP contribution in [-0.2, 0) is 0 Å². The summed E-state index contributed by atoms with van der Waals surface area (Å²) in [7, 11) is 5.97. The van der Waals surface area contributed by atoms with Crippen LogP contribution in [-0.4, -0.2) is 27.0 Å². The molecule has 2 unspecified atom stereocenters. The smallest absolute Gasteiger partial charge is 0.0360 e. The van der Waals surface area contributed by atoms with Crippen molar-refractivity contribution in [3.05, 3.63) is 60.2 Å². The van der Waals surface area contributed by atoms with E-state index in [9.17, 15) is 0 Å². The van der Waals surface area contributed by atoms with Gasteiger partial charge in [0, 0.05) is 24.7 Å². The highest BCUT2D eigenvalue weighted by Crippen LogP contribution is 2.58. The third-order valence-electron chi connectivity index (χ3n) is 4.60. The summed E-state index contributed by atoms with van der Waals surface area (Å²) in [5.41, 5.74) is 3.26. The van der Waals surface area contributed by atoms with E-state index in [1.165, 1.54) is 22.6 Å². The lowest BCUT2D eigenvalue weighted by atomic mass is 10.0. The van der Waals surface area contributed by atoms with Crippen LogP contribution < -0.4 is 9.62 Å². The second-order valence-electron chi connectivity index (χ2n) is 7.14. The average molecular weight is 343 g/mol. The highest BCUT2D eigenvalue weighted by atomic mass is 32.2. The summed E-state index contributed by atoms with van der Waals surface area (Å²) >= 11 is 0. The van der Waals surface area contributed by atoms with Crippen LogP contribution in [0.25, 0.3) is 0 Å². The minimum Gasteiger partial charge on any atom is -0.378 e. The van der Waals surface area contributed by atoms with Crippen LogP contribution in [0.2, 0.25) is 0 Å². The highest BCUT2D eigenvalue weighted by Gasteiger charge is 2.46. The molecule has 0 heterocycles. The lowest BCUT2D eigenvalue weighted by Gasteiger charge is -2.10. The molecule has 0 aliphatic heterocycles. The van der Waals surface area contributed by atoms with Crippen molar-refractivity contribution in [2.75, 3.05) is 26.0 Å². The topological polar surface area (TPSA) is 15.3 Å². The van der Waals surface area contributed by atoms with Crippen LogP contribution in [0.15, 0.2) is 59.5 Å². The molecule has 1 N–H and O–H groups in total. The van der Waals surface area contributed by atoms with Gasteiger partial charge in [-0.1, -0.05) is 60.7 Å². The summed E-state index contributed by atoms with van der Waals surface area (Å²) in [4.78, 5) is 3.37. The molecule has 0 amide bonds. The molecule has 2 aromatic rings. The number of hydrogen-bond acceptors (Lipinski definition) is 2. The van der Waals surface area contributed by atoms with Gasteiger partial charge >= 0.3 is 0 Å². The predicted molar refractivity (Wildman–Crippen MR) is 110 cm³/mol. The zero-order valence-electron chi connectivity index (χ0n) is 15.5. The van der Waals surface area contributed by atoms with E-state index in [1.807, 2.05) is 39.3 Å². The number of nitrogens with zero attached hydrogens (tertiary/aromatic N) is 1. The van der Waals surface area contributed by atoms with Crippen LogP contribution in [0.5, 0.6) is 0 Å². The van der Waals surface area contributed by atoms with E-state index in [4.69, 9.17) is 0 Å². The Morgan fingerprint density at radius 2 is 1.58 bits per heavy atom. The third kappa shape index (κ3) is 4.96. The van der Waals surface area contributed by atoms with Crippen LogP contribution in [0.3, 0.4) is 0 Å². The number of nitrogens with one attached hydrogen (secondary N) is 1. The lowest BCUT2D eigenvalue weighted by Crippen LogP contribution is -2.07. The molecule has 2 nitrogen and oxygen atoms in total. The van der Waals surface area contributed by atoms with Gasteiger partial charge in [-0.25, -0.2) is 0 Å². The van der Waals surface area contributed by atoms with Crippen molar-refractivity contribution < 1.29 is 0 Å². The molecule has 3 heteroatoms. The van der Waals surface area contributed by atoms with Gasteiger partial charge in [0.2, 0.25) is 0 Å². The molecule has 2 atom stereocenters. The Kier molecular flexibility index (Phi) is 6.25. The van der Waals surface area contributed by atoms with E-state index >= 15 is 0 Å². The summed E-state index contributed by atoms with van der Waals surface area (Å²) in [6, 6.07) is 19.2. The Morgan fingerprint density at radius 1 is 1.04 bits per heavy atom. The van der Waals surface area contributed by atoms with Gasteiger partial charge in [-0.3, -0.25) is 4.72 Å². The van der Waals surface area contributed by atoms with Gasteiger partial charge in [0.1, 0.15) is 0 Å². The van der Waals surface area contributed by atoms with Crippen LogP contribution in [0.1, 0.15) is 31.7 Å². The van der Waals surface area contributed by atoms with Crippen molar-refractivity contribution in [3.63, 3.8) is 0 Å². The van der Waals surface area contributed by atoms with Crippen molar-refractivity contribution in [1.29, 1.82) is 0 Å². The maximum absolute atomic E-state index is 4.06. The van der Waals surface area contributed by atoms with Crippen molar-refractivity contribution in [2.45, 2.75) is 31.1 Å². The standard InChI is InChI=1S/C13H19NS.C8H11N/c1-13(2)9-12(13)10-5-7-11(8-6-10)15(4)14-3;1-9(2)8-6-4-3-5-7-8/h5-8,12,14H,4,9H2,1-3H3;3-7H,1-2H3. The van der Waals surface area contributed by atoms with E-state index in [0.717, 1.165) is 5.92 Å². The molecular weight excluding hydrogens is 312 g/mol. The molecule has 0 aromatic heterocycles. The van der Waals surface area contributed by atoms with E-state index in [1.54, 1.807) is 0 Å². The first-order valence-electron chi connectivity index (χ1n) is 8.39. The van der Waals surface area contributed by atoms with Gasteiger partial charge < -0.3 is 4.90 Å². The maximum Gasteiger partial charge on any atom is 0.0360 e. The Bertz CT molecular complexity index is 660. The van der Waals surface area contributed by atoms with Gasteiger partial charge in [0.25, 0.3) is 0 Å². The van der Waals surface area contributed by atoms with Crippen molar-refractivity contribution in [1.82, 2.24) is 4.72 Å². The number of hydrogen-bond donors (Lipinski definition) is 1. The Morgan fingerprint density at radius 3 is 1.96 bits per heavy atom. The summed E-state index contributed by atoms with van der Waals surface area (Å²) in [6.45, 7) is 4.68. The average Bonchev–Trinajstić information content (AvgIpc) is 3.24. The van der Waals surface area contributed by atoms with Gasteiger partial charge in [-0.05, 0) is 54.6 Å². The molecule has 1 aliphatic carbocycles. The Labute approximate surface area is 150 Å². The van der Waals surface area contributed by atoms with Gasteiger partial charge in [-0.2, -0.15) is 0 Å². The molecule has 0 bridgehead atoms. The summed E-state index contributed by atoms with van der Waals surface area (Å²) in [5, 5.41) is 0. The van der Waals surface area contributed by atoms with Gasteiger partial charge in [0.05, 0.1) is 0 Å². The zero-order chi connectivity index (χ0) is 17.7.